The van der Waals surface area contributed by atoms with Crippen LogP contribution in [0.25, 0.3) is 0 Å². The molecule has 0 aromatic heterocycles. The molecule has 0 saturated heterocycles. The highest BCUT2D eigenvalue weighted by molar-refractivity contribution is 5.76. The number of carbonyl (C=O) groups excluding carboxylic acids is 2. The molecule has 6 nitrogen and oxygen atoms in total. The number of aliphatic hydroxyl groups excluding tert-OH is 2. The zero-order valence-corrected chi connectivity index (χ0v) is 48.7. The van der Waals surface area contributed by atoms with Gasteiger partial charge in [-0.25, -0.2) is 0 Å². The Bertz CT molecular complexity index is 1120. The van der Waals surface area contributed by atoms with Gasteiger partial charge in [0.2, 0.25) is 5.91 Å². The molecule has 0 aromatic carbocycles. The van der Waals surface area contributed by atoms with Crippen LogP contribution in [0.2, 0.25) is 0 Å². The van der Waals surface area contributed by atoms with Crippen molar-refractivity contribution in [3.8, 4) is 0 Å². The number of esters is 1. The quantitative estimate of drug-likeness (QED) is 0.0320. The van der Waals surface area contributed by atoms with Gasteiger partial charge in [-0.2, -0.15) is 0 Å². The Labute approximate surface area is 450 Å². The first-order chi connectivity index (χ1) is 35.5. The second kappa shape index (κ2) is 61.9. The third-order valence-corrected chi connectivity index (χ3v) is 15.2. The average molecular weight is 1010 g/mol. The number of hydrogen-bond donors (Lipinski definition) is 3. The normalized spacial score (nSPS) is 12.7. The lowest BCUT2D eigenvalue weighted by molar-refractivity contribution is -0.143. The van der Waals surface area contributed by atoms with Gasteiger partial charge in [-0.05, 0) is 77.0 Å². The van der Waals surface area contributed by atoms with Crippen LogP contribution in [0.4, 0.5) is 0 Å². The highest BCUT2D eigenvalue weighted by Crippen LogP contribution is 2.18. The molecule has 0 saturated carbocycles. The van der Waals surface area contributed by atoms with Gasteiger partial charge >= 0.3 is 5.97 Å². The maximum Gasteiger partial charge on any atom is 0.305 e. The number of unbranched alkanes of at least 4 members (excludes halogenated alkanes) is 46. The Kier molecular flexibility index (Phi) is 60.5. The first kappa shape index (κ1) is 70.3. The molecule has 2 unspecified atom stereocenters. The Balaban J connectivity index is 3.38. The fourth-order valence-corrected chi connectivity index (χ4v) is 10.2. The van der Waals surface area contributed by atoms with E-state index in [9.17, 15) is 19.8 Å². The van der Waals surface area contributed by atoms with Crippen molar-refractivity contribution in [2.75, 3.05) is 13.2 Å². The van der Waals surface area contributed by atoms with E-state index < -0.39 is 12.1 Å². The van der Waals surface area contributed by atoms with Crippen molar-refractivity contribution in [2.24, 2.45) is 0 Å². The van der Waals surface area contributed by atoms with Gasteiger partial charge in [-0.1, -0.05) is 295 Å². The largest absolute Gasteiger partial charge is 0.466 e. The molecule has 0 fully saturated rings. The molecule has 0 bridgehead atoms. The zero-order chi connectivity index (χ0) is 52.2. The van der Waals surface area contributed by atoms with Crippen LogP contribution in [0, 0.1) is 0 Å². The second-order valence-electron chi connectivity index (χ2n) is 22.4. The maximum atomic E-state index is 12.5. The highest BCUT2D eigenvalue weighted by atomic mass is 16.5. The standard InChI is InChI=1S/C66H127NO5/c1-3-5-7-9-11-13-15-17-31-34-38-42-46-50-54-58-64(69)63(62-68)67-65(70)59-55-51-47-43-39-35-32-29-27-25-23-21-19-20-22-24-26-28-30-33-37-41-45-49-53-57-61-72-66(71)60-56-52-48-44-40-36-18-16-14-12-10-8-6-4-2/h16,18-19,21,63-64,68-69H,3-15,17,20,22-62H2,1-2H3,(H,67,70)/b18-16-,21-19-. The van der Waals surface area contributed by atoms with Crippen LogP contribution in [0.1, 0.15) is 361 Å². The van der Waals surface area contributed by atoms with Gasteiger partial charge in [0.1, 0.15) is 0 Å². The minimum absolute atomic E-state index is 0.00619. The first-order valence-corrected chi connectivity index (χ1v) is 32.6. The van der Waals surface area contributed by atoms with Crippen molar-refractivity contribution in [3.63, 3.8) is 0 Å². The number of carbonyl (C=O) groups is 2. The monoisotopic (exact) mass is 1010 g/mol. The Morgan fingerprint density at radius 3 is 0.986 bits per heavy atom. The van der Waals surface area contributed by atoms with Crippen molar-refractivity contribution in [1.29, 1.82) is 0 Å². The summed E-state index contributed by atoms with van der Waals surface area (Å²) in [4.78, 5) is 24.5. The lowest BCUT2D eigenvalue weighted by Crippen LogP contribution is -2.45. The van der Waals surface area contributed by atoms with E-state index in [0.29, 0.717) is 25.9 Å². The van der Waals surface area contributed by atoms with Crippen molar-refractivity contribution in [2.45, 2.75) is 373 Å². The summed E-state index contributed by atoms with van der Waals surface area (Å²) in [5.74, 6) is -0.0284. The molecule has 0 spiro atoms. The van der Waals surface area contributed by atoms with E-state index in [4.69, 9.17) is 4.74 Å². The fourth-order valence-electron chi connectivity index (χ4n) is 10.2. The van der Waals surface area contributed by atoms with Gasteiger partial charge in [0.15, 0.2) is 0 Å². The Morgan fingerprint density at radius 2 is 0.653 bits per heavy atom. The SMILES string of the molecule is CCCCCCC/C=C\CCCCCCCC(=O)OCCCCCCCCCCCCCC/C=C\CCCCCCCCCCCCC(=O)NC(CO)C(O)CCCCCCCCCCCCCCCCC. The number of nitrogens with one attached hydrogen (secondary N) is 1. The molecule has 0 rings (SSSR count). The molecule has 72 heavy (non-hydrogen) atoms. The molecular formula is C66H127NO5. The minimum atomic E-state index is -0.665. The van der Waals surface area contributed by atoms with Gasteiger partial charge in [0.25, 0.3) is 0 Å². The summed E-state index contributed by atoms with van der Waals surface area (Å²) in [6, 6.07) is -0.542. The molecule has 1 amide bonds. The number of rotatable bonds is 61. The lowest BCUT2D eigenvalue weighted by atomic mass is 10.0. The predicted octanol–water partition coefficient (Wildman–Crippen LogP) is 20.6. The molecule has 2 atom stereocenters. The van der Waals surface area contributed by atoms with Crippen LogP contribution in [-0.4, -0.2) is 47.4 Å². The molecule has 0 aliphatic carbocycles. The third-order valence-electron chi connectivity index (χ3n) is 15.2. The van der Waals surface area contributed by atoms with Crippen LogP contribution < -0.4 is 5.32 Å². The third kappa shape index (κ3) is 57.6. The number of hydrogen-bond acceptors (Lipinski definition) is 5. The fraction of sp³-hybridized carbons (Fsp3) is 0.909. The predicted molar refractivity (Wildman–Crippen MR) is 315 cm³/mol. The zero-order valence-electron chi connectivity index (χ0n) is 48.7. The summed E-state index contributed by atoms with van der Waals surface area (Å²) >= 11 is 0. The number of aliphatic hydroxyl groups is 2. The summed E-state index contributed by atoms with van der Waals surface area (Å²) in [5, 5.41) is 23.3. The van der Waals surface area contributed by atoms with Gasteiger partial charge < -0.3 is 20.3 Å². The van der Waals surface area contributed by atoms with Gasteiger partial charge in [-0.15, -0.1) is 0 Å². The van der Waals surface area contributed by atoms with Crippen LogP contribution >= 0.6 is 0 Å². The second-order valence-corrected chi connectivity index (χ2v) is 22.4. The van der Waals surface area contributed by atoms with Crippen LogP contribution in [0.15, 0.2) is 24.3 Å². The number of amides is 1. The van der Waals surface area contributed by atoms with Crippen LogP contribution in [-0.2, 0) is 14.3 Å². The molecule has 0 radical (unpaired) electrons. The number of allylic oxidation sites excluding steroid dienone is 4. The summed E-state index contributed by atoms with van der Waals surface area (Å²) in [7, 11) is 0. The molecule has 0 aliphatic heterocycles. The average Bonchev–Trinajstić information content (AvgIpc) is 3.38. The molecule has 0 aliphatic rings. The van der Waals surface area contributed by atoms with E-state index in [-0.39, 0.29) is 18.5 Å². The van der Waals surface area contributed by atoms with E-state index in [1.54, 1.807) is 0 Å². The van der Waals surface area contributed by atoms with Crippen molar-refractivity contribution >= 4 is 11.9 Å². The van der Waals surface area contributed by atoms with Gasteiger partial charge in [0, 0.05) is 12.8 Å². The summed E-state index contributed by atoms with van der Waals surface area (Å²) in [5.41, 5.74) is 0. The van der Waals surface area contributed by atoms with Crippen molar-refractivity contribution in [3.05, 3.63) is 24.3 Å². The first-order valence-electron chi connectivity index (χ1n) is 32.6. The highest BCUT2D eigenvalue weighted by Gasteiger charge is 2.20. The van der Waals surface area contributed by atoms with E-state index in [1.807, 2.05) is 0 Å². The Morgan fingerprint density at radius 1 is 0.375 bits per heavy atom. The molecule has 6 heteroatoms. The smallest absolute Gasteiger partial charge is 0.305 e. The summed E-state index contributed by atoms with van der Waals surface area (Å²) in [6.07, 6.45) is 76.3. The van der Waals surface area contributed by atoms with Crippen LogP contribution in [0.5, 0.6) is 0 Å². The molecule has 0 aromatic rings. The minimum Gasteiger partial charge on any atom is -0.466 e. The van der Waals surface area contributed by atoms with E-state index in [0.717, 1.165) is 44.9 Å². The number of ether oxygens (including phenoxy) is 1. The molecular weight excluding hydrogens is 887 g/mol. The van der Waals surface area contributed by atoms with Crippen LogP contribution in [0.3, 0.4) is 0 Å². The van der Waals surface area contributed by atoms with E-state index in [2.05, 4.69) is 43.5 Å². The lowest BCUT2D eigenvalue weighted by Gasteiger charge is -2.22. The van der Waals surface area contributed by atoms with E-state index in [1.165, 1.54) is 283 Å². The maximum absolute atomic E-state index is 12.5. The van der Waals surface area contributed by atoms with E-state index >= 15 is 0 Å². The summed E-state index contributed by atoms with van der Waals surface area (Å²) in [6.45, 7) is 4.96. The Hall–Kier alpha value is -1.66. The topological polar surface area (TPSA) is 95.9 Å². The van der Waals surface area contributed by atoms with Crippen molar-refractivity contribution in [1.82, 2.24) is 5.32 Å². The van der Waals surface area contributed by atoms with Gasteiger partial charge in [0.05, 0.1) is 25.4 Å². The summed E-state index contributed by atoms with van der Waals surface area (Å²) < 4.78 is 5.48. The van der Waals surface area contributed by atoms with Crippen molar-refractivity contribution < 1.29 is 24.5 Å². The molecule has 3 N–H and O–H groups in total. The van der Waals surface area contributed by atoms with Gasteiger partial charge in [-0.3, -0.25) is 9.59 Å². The molecule has 0 heterocycles. The molecule has 426 valence electrons.